The molecule has 0 aromatic carbocycles. The fourth-order valence-electron chi connectivity index (χ4n) is 3.93. The fourth-order valence-corrected chi connectivity index (χ4v) is 3.93. The molecule has 1 radical (unpaired) electrons. The molecule has 0 spiro atoms. The monoisotopic (exact) mass is 180 g/mol. The molecule has 0 saturated heterocycles. The summed E-state index contributed by atoms with van der Waals surface area (Å²) in [5.41, 5.74) is 0. The maximum atomic E-state index is 10.9. The van der Waals surface area contributed by atoms with Crippen LogP contribution in [-0.2, 0) is 0 Å². The number of hydrogen-bond acceptors (Lipinski definition) is 2. The minimum atomic E-state index is -0.257. The van der Waals surface area contributed by atoms with Crippen molar-refractivity contribution in [2.24, 2.45) is 17.8 Å². The number of rotatable bonds is 1. The van der Waals surface area contributed by atoms with Crippen molar-refractivity contribution in [2.45, 2.75) is 38.1 Å². The van der Waals surface area contributed by atoms with Crippen LogP contribution in [0.4, 0.5) is 0 Å². The van der Waals surface area contributed by atoms with E-state index in [0.717, 1.165) is 37.5 Å². The van der Waals surface area contributed by atoms with Gasteiger partial charge in [0.15, 0.2) is 0 Å². The molecule has 0 amide bonds. The van der Waals surface area contributed by atoms with Gasteiger partial charge >= 0.3 is 0 Å². The molecule has 3 unspecified atom stereocenters. The van der Waals surface area contributed by atoms with Crippen LogP contribution in [0.2, 0.25) is 0 Å². The van der Waals surface area contributed by atoms with Crippen LogP contribution >= 0.6 is 0 Å². The Morgan fingerprint density at radius 1 is 1.15 bits per heavy atom. The Morgan fingerprint density at radius 3 is 2.23 bits per heavy atom. The van der Waals surface area contributed by atoms with Crippen molar-refractivity contribution in [1.29, 1.82) is 0 Å². The zero-order valence-corrected chi connectivity index (χ0v) is 7.61. The number of nitrogens with zero attached hydrogens (tertiary/aromatic N) is 1. The molecule has 0 aromatic rings. The largest absolute Gasteiger partial charge is 0.264 e. The van der Waals surface area contributed by atoms with Crippen LogP contribution in [0.15, 0.2) is 0 Å². The molecule has 13 heavy (non-hydrogen) atoms. The van der Waals surface area contributed by atoms with Crippen LogP contribution in [0.1, 0.15) is 32.1 Å². The van der Waals surface area contributed by atoms with E-state index in [4.69, 9.17) is 0 Å². The van der Waals surface area contributed by atoms with E-state index in [2.05, 4.69) is 0 Å². The van der Waals surface area contributed by atoms with Gasteiger partial charge in [0.1, 0.15) is 0 Å². The summed E-state index contributed by atoms with van der Waals surface area (Å²) in [5, 5.41) is 10.9. The second kappa shape index (κ2) is 2.46. The third-order valence-corrected chi connectivity index (χ3v) is 4.13. The van der Waals surface area contributed by atoms with Gasteiger partial charge in [0.05, 0.1) is 5.92 Å². The zero-order chi connectivity index (χ0) is 9.00. The minimum Gasteiger partial charge on any atom is -0.264 e. The Kier molecular flexibility index (Phi) is 1.47. The van der Waals surface area contributed by atoms with Crippen LogP contribution in [0.25, 0.3) is 0 Å². The number of hydrogen-bond donors (Lipinski definition) is 0. The van der Waals surface area contributed by atoms with Gasteiger partial charge in [-0.3, -0.25) is 10.1 Å². The predicted octanol–water partition coefficient (Wildman–Crippen LogP) is 2.05. The smallest absolute Gasteiger partial charge is 0.222 e. The van der Waals surface area contributed by atoms with Crippen molar-refractivity contribution in [3.63, 3.8) is 0 Å². The van der Waals surface area contributed by atoms with Gasteiger partial charge in [-0.2, -0.15) is 0 Å². The lowest BCUT2D eigenvalue weighted by molar-refractivity contribution is -0.535. The van der Waals surface area contributed by atoms with Gasteiger partial charge in [-0.15, -0.1) is 0 Å². The van der Waals surface area contributed by atoms with E-state index < -0.39 is 0 Å². The second-order valence-corrected chi connectivity index (χ2v) is 5.00. The van der Waals surface area contributed by atoms with Gasteiger partial charge in [-0.25, -0.2) is 0 Å². The van der Waals surface area contributed by atoms with Crippen molar-refractivity contribution in [3.05, 3.63) is 16.0 Å². The highest BCUT2D eigenvalue weighted by atomic mass is 16.6. The fraction of sp³-hybridized carbons (Fsp3) is 0.900. The summed E-state index contributed by atoms with van der Waals surface area (Å²) in [6.45, 7) is 0. The third-order valence-electron chi connectivity index (χ3n) is 4.13. The van der Waals surface area contributed by atoms with Gasteiger partial charge in [0.2, 0.25) is 6.04 Å². The van der Waals surface area contributed by atoms with E-state index in [1.165, 1.54) is 12.3 Å². The summed E-state index contributed by atoms with van der Waals surface area (Å²) >= 11 is 0. The highest BCUT2D eigenvalue weighted by molar-refractivity contribution is 5.14. The summed E-state index contributed by atoms with van der Waals surface area (Å²) in [4.78, 5) is 10.8. The Labute approximate surface area is 77.7 Å². The lowest BCUT2D eigenvalue weighted by atomic mass is 9.54. The highest BCUT2D eigenvalue weighted by Crippen LogP contribution is 2.55. The lowest BCUT2D eigenvalue weighted by Gasteiger charge is -2.49. The average Bonchev–Trinajstić information content (AvgIpc) is 2.00. The first-order chi connectivity index (χ1) is 6.24. The summed E-state index contributed by atoms with van der Waals surface area (Å²) in [6.07, 6.45) is 5.75. The van der Waals surface area contributed by atoms with E-state index >= 15 is 0 Å². The Balaban J connectivity index is 1.89. The van der Waals surface area contributed by atoms with Crippen LogP contribution in [0.3, 0.4) is 0 Å². The van der Waals surface area contributed by atoms with E-state index in [1.54, 1.807) is 0 Å². The van der Waals surface area contributed by atoms with Crippen molar-refractivity contribution >= 4 is 0 Å². The van der Waals surface area contributed by atoms with E-state index in [1.807, 2.05) is 0 Å². The zero-order valence-electron chi connectivity index (χ0n) is 7.61. The molecule has 4 aliphatic rings. The Morgan fingerprint density at radius 2 is 1.77 bits per heavy atom. The molecule has 0 aromatic heterocycles. The van der Waals surface area contributed by atoms with E-state index in [9.17, 15) is 10.1 Å². The van der Waals surface area contributed by atoms with Gasteiger partial charge in [0.25, 0.3) is 0 Å². The first-order valence-corrected chi connectivity index (χ1v) is 5.22. The standard InChI is InChI=1S/C10H14NO2/c12-11(13)10-8-2-6-1-7(4-8)5-9(10)3-6/h6-8,10H,1-5H2. The molecule has 0 N–H and O–H groups in total. The maximum Gasteiger partial charge on any atom is 0.222 e. The third kappa shape index (κ3) is 1.02. The SMILES string of the molecule is O=[N+]([O-])C1[C]2CC3CC(C2)CC1C3. The minimum absolute atomic E-state index is 0.0300. The molecule has 4 rings (SSSR count). The van der Waals surface area contributed by atoms with Crippen LogP contribution < -0.4 is 0 Å². The van der Waals surface area contributed by atoms with Crippen molar-refractivity contribution in [3.8, 4) is 0 Å². The molecular formula is C10H14NO2. The molecule has 3 atom stereocenters. The molecule has 4 aliphatic carbocycles. The molecule has 3 heteroatoms. The first-order valence-electron chi connectivity index (χ1n) is 5.22. The van der Waals surface area contributed by atoms with Crippen LogP contribution in [0, 0.1) is 33.8 Å². The molecule has 0 aliphatic heterocycles. The van der Waals surface area contributed by atoms with E-state index in [0.29, 0.717) is 5.92 Å². The summed E-state index contributed by atoms with van der Waals surface area (Å²) in [6, 6.07) is -0.257. The molecule has 0 heterocycles. The summed E-state index contributed by atoms with van der Waals surface area (Å²) in [5.74, 6) is 3.29. The molecular weight excluding hydrogens is 166 g/mol. The predicted molar refractivity (Wildman–Crippen MR) is 47.6 cm³/mol. The van der Waals surface area contributed by atoms with Crippen LogP contribution in [-0.4, -0.2) is 11.0 Å². The van der Waals surface area contributed by atoms with Crippen LogP contribution in [0.5, 0.6) is 0 Å². The van der Waals surface area contributed by atoms with Gasteiger partial charge in [0, 0.05) is 10.8 Å². The van der Waals surface area contributed by atoms with Crippen molar-refractivity contribution in [2.75, 3.05) is 0 Å². The van der Waals surface area contributed by atoms with Gasteiger partial charge in [-0.05, 0) is 43.9 Å². The van der Waals surface area contributed by atoms with Crippen molar-refractivity contribution in [1.82, 2.24) is 0 Å². The molecule has 4 saturated carbocycles. The maximum absolute atomic E-state index is 10.9. The van der Waals surface area contributed by atoms with Crippen molar-refractivity contribution < 1.29 is 4.92 Å². The summed E-state index contributed by atoms with van der Waals surface area (Å²) < 4.78 is 0. The molecule has 71 valence electrons. The van der Waals surface area contributed by atoms with Gasteiger partial charge < -0.3 is 0 Å². The Hall–Kier alpha value is -0.600. The quantitative estimate of drug-likeness (QED) is 0.458. The average molecular weight is 180 g/mol. The number of nitro groups is 1. The highest BCUT2D eigenvalue weighted by Gasteiger charge is 2.54. The van der Waals surface area contributed by atoms with E-state index in [-0.39, 0.29) is 11.0 Å². The normalized spacial score (nSPS) is 48.3. The summed E-state index contributed by atoms with van der Waals surface area (Å²) in [7, 11) is 0. The molecule has 4 bridgehead atoms. The second-order valence-electron chi connectivity index (χ2n) is 5.00. The molecule has 3 nitrogen and oxygen atoms in total. The Bertz CT molecular complexity index is 223. The van der Waals surface area contributed by atoms with Gasteiger partial charge in [-0.1, -0.05) is 0 Å². The molecule has 4 fully saturated rings. The topological polar surface area (TPSA) is 43.1 Å². The first kappa shape index (κ1) is 7.77. The lowest BCUT2D eigenvalue weighted by Crippen LogP contribution is -2.50.